The van der Waals surface area contributed by atoms with Gasteiger partial charge >= 0.3 is 11.5 Å². The van der Waals surface area contributed by atoms with Gasteiger partial charge in [-0.25, -0.2) is 4.98 Å². The number of ether oxygens (including phenoxy) is 2. The van der Waals surface area contributed by atoms with E-state index >= 15 is 0 Å². The van der Waals surface area contributed by atoms with Crippen LogP contribution in [0.4, 0.5) is 11.5 Å². The van der Waals surface area contributed by atoms with Gasteiger partial charge in [-0.15, -0.1) is 0 Å². The largest absolute Gasteiger partial charge is 0.486 e. The maximum atomic E-state index is 11.2. The number of fused-ring (bicyclic) bond motifs is 1. The number of aromatic amines is 1. The zero-order valence-corrected chi connectivity index (χ0v) is 13.6. The number of hydrogen-bond donors (Lipinski definition) is 1. The van der Waals surface area contributed by atoms with Crippen LogP contribution in [0.1, 0.15) is 25.5 Å². The summed E-state index contributed by atoms with van der Waals surface area (Å²) >= 11 is 0. The van der Waals surface area contributed by atoms with Gasteiger partial charge in [0.2, 0.25) is 0 Å². The molecular formula is C17H20N3O4+. The molecule has 0 amide bonds. The Morgan fingerprint density at radius 1 is 1.21 bits per heavy atom. The predicted molar refractivity (Wildman–Crippen MR) is 88.3 cm³/mol. The number of aromatic nitrogens is 1. The van der Waals surface area contributed by atoms with Crippen LogP contribution < -0.4 is 19.8 Å². The minimum Gasteiger partial charge on any atom is -0.486 e. The van der Waals surface area contributed by atoms with Gasteiger partial charge < -0.3 is 9.47 Å². The molecule has 0 bridgehead atoms. The molecule has 0 radical (unpaired) electrons. The van der Waals surface area contributed by atoms with Gasteiger partial charge in [0.25, 0.3) is 0 Å². The van der Waals surface area contributed by atoms with Gasteiger partial charge in [0.1, 0.15) is 19.3 Å². The van der Waals surface area contributed by atoms with Crippen LogP contribution in [-0.4, -0.2) is 18.1 Å². The Hall–Kier alpha value is -2.83. The first-order valence-electron chi connectivity index (χ1n) is 7.87. The molecule has 0 aliphatic carbocycles. The van der Waals surface area contributed by atoms with Gasteiger partial charge in [0.15, 0.2) is 11.5 Å². The highest BCUT2D eigenvalue weighted by atomic mass is 16.6. The van der Waals surface area contributed by atoms with Gasteiger partial charge in [-0.1, -0.05) is 19.9 Å². The fourth-order valence-electron chi connectivity index (χ4n) is 2.74. The maximum absolute atomic E-state index is 11.2. The first-order chi connectivity index (χ1) is 11.6. The highest BCUT2D eigenvalue weighted by Gasteiger charge is 2.28. The van der Waals surface area contributed by atoms with Gasteiger partial charge in [0.05, 0.1) is 11.1 Å². The van der Waals surface area contributed by atoms with Crippen molar-refractivity contribution < 1.29 is 19.4 Å². The Bertz CT molecular complexity index is 748. The average molecular weight is 330 g/mol. The summed E-state index contributed by atoms with van der Waals surface area (Å²) in [5.74, 6) is 2.03. The molecule has 1 atom stereocenters. The van der Waals surface area contributed by atoms with Crippen LogP contribution >= 0.6 is 0 Å². The second-order valence-corrected chi connectivity index (χ2v) is 5.96. The molecular weight excluding hydrogens is 310 g/mol. The van der Waals surface area contributed by atoms with Crippen molar-refractivity contribution in [2.75, 3.05) is 18.5 Å². The summed E-state index contributed by atoms with van der Waals surface area (Å²) in [4.78, 5) is 13.7. The third-order valence-corrected chi connectivity index (χ3v) is 3.92. The number of pyridine rings is 1. The zero-order chi connectivity index (χ0) is 17.1. The minimum absolute atomic E-state index is 0.0145. The van der Waals surface area contributed by atoms with E-state index in [4.69, 9.17) is 9.47 Å². The van der Waals surface area contributed by atoms with E-state index in [1.807, 2.05) is 18.2 Å². The Kier molecular flexibility index (Phi) is 4.50. The van der Waals surface area contributed by atoms with Crippen LogP contribution in [0.3, 0.4) is 0 Å². The molecule has 24 heavy (non-hydrogen) atoms. The maximum Gasteiger partial charge on any atom is 0.357 e. The second-order valence-electron chi connectivity index (χ2n) is 5.96. The number of anilines is 1. The molecule has 1 aromatic carbocycles. The highest BCUT2D eigenvalue weighted by molar-refractivity contribution is 5.53. The Morgan fingerprint density at radius 3 is 2.67 bits per heavy atom. The molecule has 126 valence electrons. The molecule has 2 heterocycles. The number of benzene rings is 1. The molecule has 2 N–H and O–H groups in total. The number of nitrogens with zero attached hydrogens (tertiary/aromatic N) is 1. The summed E-state index contributed by atoms with van der Waals surface area (Å²) in [6, 6.07) is 8.74. The van der Waals surface area contributed by atoms with Crippen molar-refractivity contribution in [3.63, 3.8) is 0 Å². The van der Waals surface area contributed by atoms with Crippen molar-refractivity contribution in [1.29, 1.82) is 0 Å². The first-order valence-corrected chi connectivity index (χ1v) is 7.87. The van der Waals surface area contributed by atoms with Crippen molar-refractivity contribution in [3.05, 3.63) is 52.2 Å². The minimum atomic E-state index is -0.403. The fourth-order valence-corrected chi connectivity index (χ4v) is 2.74. The quantitative estimate of drug-likeness (QED) is 0.672. The van der Waals surface area contributed by atoms with E-state index < -0.39 is 4.92 Å². The molecule has 0 spiro atoms. The molecule has 2 aromatic rings. The van der Waals surface area contributed by atoms with E-state index in [9.17, 15) is 10.1 Å². The second kappa shape index (κ2) is 6.74. The normalized spacial score (nSPS) is 14.3. The van der Waals surface area contributed by atoms with Crippen molar-refractivity contribution >= 4 is 11.5 Å². The lowest BCUT2D eigenvalue weighted by molar-refractivity contribution is -0.410. The Morgan fingerprint density at radius 2 is 1.96 bits per heavy atom. The topological polar surface area (TPSA) is 87.8 Å². The summed E-state index contributed by atoms with van der Waals surface area (Å²) in [7, 11) is 0. The lowest BCUT2D eigenvalue weighted by Crippen LogP contribution is -2.23. The van der Waals surface area contributed by atoms with E-state index in [2.05, 4.69) is 24.1 Å². The number of rotatable bonds is 5. The Balaban J connectivity index is 1.92. The summed E-state index contributed by atoms with van der Waals surface area (Å²) < 4.78 is 11.2. The van der Waals surface area contributed by atoms with E-state index in [-0.39, 0.29) is 17.6 Å². The molecule has 7 heteroatoms. The summed E-state index contributed by atoms with van der Waals surface area (Å²) in [6.07, 6.45) is 1.66. The number of hydrogen-bond acceptors (Lipinski definition) is 5. The molecule has 1 aliphatic rings. The highest BCUT2D eigenvalue weighted by Crippen LogP contribution is 2.36. The van der Waals surface area contributed by atoms with Crippen molar-refractivity contribution in [2.45, 2.75) is 19.9 Å². The SMILES string of the molecule is CC(C)[C@H](Nc1[nH+]cccc1[N+](=O)[O-])c1ccc2c(c1)OCCO2. The summed E-state index contributed by atoms with van der Waals surface area (Å²) in [5.41, 5.74) is 1.00. The van der Waals surface area contributed by atoms with Crippen LogP contribution in [0, 0.1) is 16.0 Å². The van der Waals surface area contributed by atoms with Gasteiger partial charge in [-0.2, -0.15) is 0 Å². The van der Waals surface area contributed by atoms with Crippen molar-refractivity contribution in [2.24, 2.45) is 5.92 Å². The van der Waals surface area contributed by atoms with Gasteiger partial charge in [-0.05, 0) is 24.1 Å². The molecule has 3 rings (SSSR count). The lowest BCUT2D eigenvalue weighted by atomic mass is 9.95. The third-order valence-electron chi connectivity index (χ3n) is 3.92. The van der Waals surface area contributed by atoms with E-state index in [1.54, 1.807) is 12.3 Å². The fraction of sp³-hybridized carbons (Fsp3) is 0.353. The molecule has 0 saturated heterocycles. The van der Waals surface area contributed by atoms with Crippen LogP contribution in [0.2, 0.25) is 0 Å². The Labute approximate surface area is 139 Å². The van der Waals surface area contributed by atoms with E-state index in [0.29, 0.717) is 24.8 Å². The predicted octanol–water partition coefficient (Wildman–Crippen LogP) is 2.99. The zero-order valence-electron chi connectivity index (χ0n) is 13.6. The lowest BCUT2D eigenvalue weighted by Gasteiger charge is -2.22. The molecule has 1 aliphatic heterocycles. The van der Waals surface area contributed by atoms with Crippen LogP contribution in [0.25, 0.3) is 0 Å². The van der Waals surface area contributed by atoms with Crippen LogP contribution in [-0.2, 0) is 0 Å². The van der Waals surface area contributed by atoms with E-state index in [1.165, 1.54) is 6.07 Å². The molecule has 0 unspecified atom stereocenters. The number of nitrogens with one attached hydrogen (secondary N) is 2. The van der Waals surface area contributed by atoms with Crippen molar-refractivity contribution in [3.8, 4) is 11.5 Å². The monoisotopic (exact) mass is 330 g/mol. The molecule has 0 fully saturated rings. The molecule has 0 saturated carbocycles. The standard InChI is InChI=1S/C17H19N3O4/c1-11(2)16(19-17-13(20(21)22)4-3-7-18-17)12-5-6-14-15(10-12)24-9-8-23-14/h3-7,10-11,16H,8-9H2,1-2H3,(H,18,19)/p+1/t16-/m0/s1. The smallest absolute Gasteiger partial charge is 0.357 e. The molecule has 1 aromatic heterocycles. The third kappa shape index (κ3) is 3.24. The van der Waals surface area contributed by atoms with Gasteiger partial charge in [0, 0.05) is 11.6 Å². The van der Waals surface area contributed by atoms with E-state index in [0.717, 1.165) is 11.3 Å². The first kappa shape index (κ1) is 16.0. The summed E-state index contributed by atoms with van der Waals surface area (Å²) in [6.45, 7) is 5.18. The number of nitro groups is 1. The number of H-pyrrole nitrogens is 1. The van der Waals surface area contributed by atoms with Crippen LogP contribution in [0.5, 0.6) is 11.5 Å². The molecule has 7 nitrogen and oxygen atoms in total. The van der Waals surface area contributed by atoms with Crippen LogP contribution in [0.15, 0.2) is 36.5 Å². The average Bonchev–Trinajstić information content (AvgIpc) is 2.59. The van der Waals surface area contributed by atoms with Crippen molar-refractivity contribution in [1.82, 2.24) is 0 Å². The van der Waals surface area contributed by atoms with Gasteiger partial charge in [-0.3, -0.25) is 15.4 Å². The summed E-state index contributed by atoms with van der Waals surface area (Å²) in [5, 5.41) is 14.5.